The Balaban J connectivity index is 1.60. The average Bonchev–Trinajstić information content (AvgIpc) is 2.84. The van der Waals surface area contributed by atoms with E-state index in [4.69, 9.17) is 17.0 Å². The van der Waals surface area contributed by atoms with E-state index >= 15 is 0 Å². The Labute approximate surface area is 199 Å². The Morgan fingerprint density at radius 3 is 2.30 bits per heavy atom. The summed E-state index contributed by atoms with van der Waals surface area (Å²) in [5.41, 5.74) is 2.53. The van der Waals surface area contributed by atoms with E-state index in [1.807, 2.05) is 50.2 Å². The van der Waals surface area contributed by atoms with Crippen LogP contribution >= 0.6 is 12.2 Å². The van der Waals surface area contributed by atoms with Crippen molar-refractivity contribution in [1.82, 2.24) is 5.32 Å². The molecule has 0 unspecified atom stereocenters. The lowest BCUT2D eigenvalue weighted by Crippen LogP contribution is -2.34. The van der Waals surface area contributed by atoms with Crippen LogP contribution in [-0.4, -0.2) is 30.1 Å². The van der Waals surface area contributed by atoms with Crippen molar-refractivity contribution in [3.63, 3.8) is 0 Å². The monoisotopic (exact) mass is 461 g/mol. The number of anilines is 2. The number of rotatable bonds is 8. The lowest BCUT2D eigenvalue weighted by Gasteiger charge is -2.21. The van der Waals surface area contributed by atoms with Crippen LogP contribution in [0.15, 0.2) is 78.9 Å². The van der Waals surface area contributed by atoms with Gasteiger partial charge in [-0.25, -0.2) is 0 Å². The highest BCUT2D eigenvalue weighted by Crippen LogP contribution is 2.18. The number of hydrogen-bond acceptors (Lipinski definition) is 4. The molecule has 0 bridgehead atoms. The van der Waals surface area contributed by atoms with Crippen LogP contribution in [-0.2, 0) is 0 Å². The maximum atomic E-state index is 12.9. The Bertz CT molecular complexity index is 1100. The number of hydrogen-bond donors (Lipinski definition) is 2. The smallest absolute Gasteiger partial charge is 0.258 e. The van der Waals surface area contributed by atoms with Gasteiger partial charge in [-0.3, -0.25) is 14.9 Å². The van der Waals surface area contributed by atoms with Gasteiger partial charge in [0.25, 0.3) is 11.8 Å². The summed E-state index contributed by atoms with van der Waals surface area (Å²) in [6.45, 7) is 5.11. The van der Waals surface area contributed by atoms with Crippen molar-refractivity contribution in [1.29, 1.82) is 0 Å². The second-order valence-electron chi connectivity index (χ2n) is 7.25. The molecule has 2 N–H and O–H groups in total. The van der Waals surface area contributed by atoms with Crippen LogP contribution < -0.4 is 20.3 Å². The first kappa shape index (κ1) is 23.9. The molecule has 3 rings (SSSR count). The summed E-state index contributed by atoms with van der Waals surface area (Å²) in [5.74, 6) is 0.222. The fourth-order valence-corrected chi connectivity index (χ4v) is 3.40. The quantitative estimate of drug-likeness (QED) is 0.447. The van der Waals surface area contributed by atoms with Gasteiger partial charge in [0.05, 0.1) is 6.61 Å². The van der Waals surface area contributed by atoms with Gasteiger partial charge in [0.2, 0.25) is 0 Å². The molecule has 0 aliphatic rings. The van der Waals surface area contributed by atoms with Gasteiger partial charge in [0.15, 0.2) is 5.11 Å². The van der Waals surface area contributed by atoms with Gasteiger partial charge in [-0.1, -0.05) is 31.2 Å². The Kier molecular flexibility index (Phi) is 8.55. The van der Waals surface area contributed by atoms with E-state index in [-0.39, 0.29) is 16.9 Å². The van der Waals surface area contributed by atoms with Crippen molar-refractivity contribution >= 4 is 40.5 Å². The van der Waals surface area contributed by atoms with Crippen LogP contribution in [0.3, 0.4) is 0 Å². The number of benzene rings is 3. The fraction of sp³-hybridized carbons (Fsp3) is 0.192. The van der Waals surface area contributed by atoms with Gasteiger partial charge in [-0.05, 0) is 80.2 Å². The molecule has 0 saturated carbocycles. The van der Waals surface area contributed by atoms with Crippen LogP contribution in [0.25, 0.3) is 0 Å². The number of amides is 2. The molecule has 6 nitrogen and oxygen atoms in total. The van der Waals surface area contributed by atoms with E-state index in [2.05, 4.69) is 10.6 Å². The zero-order chi connectivity index (χ0) is 23.6. The highest BCUT2D eigenvalue weighted by atomic mass is 32.1. The van der Waals surface area contributed by atoms with E-state index in [1.165, 1.54) is 0 Å². The highest BCUT2D eigenvalue weighted by molar-refractivity contribution is 7.80. The molecule has 0 aliphatic carbocycles. The van der Waals surface area contributed by atoms with Crippen molar-refractivity contribution in [2.75, 3.05) is 23.4 Å². The van der Waals surface area contributed by atoms with Gasteiger partial charge in [-0.15, -0.1) is 0 Å². The van der Waals surface area contributed by atoms with E-state index in [1.54, 1.807) is 47.4 Å². The van der Waals surface area contributed by atoms with Gasteiger partial charge >= 0.3 is 0 Å². The third-order valence-electron chi connectivity index (χ3n) is 4.82. The largest absolute Gasteiger partial charge is 0.494 e. The minimum Gasteiger partial charge on any atom is -0.494 e. The molecular formula is C26H27N3O3S. The number of nitrogens with one attached hydrogen (secondary N) is 2. The molecule has 0 saturated heterocycles. The molecule has 0 radical (unpaired) electrons. The molecule has 3 aromatic carbocycles. The van der Waals surface area contributed by atoms with E-state index in [0.717, 1.165) is 12.1 Å². The third-order valence-corrected chi connectivity index (χ3v) is 5.02. The number of ether oxygens (including phenoxy) is 1. The SMILES string of the molecule is CCCOc1cccc(C(=O)NC(=S)Nc2ccc(C(=O)N(CC)c3ccccc3)cc2)c1. The van der Waals surface area contributed by atoms with Crippen LogP contribution in [0.2, 0.25) is 0 Å². The van der Waals surface area contributed by atoms with Gasteiger partial charge in [-0.2, -0.15) is 0 Å². The van der Waals surface area contributed by atoms with Crippen molar-refractivity contribution in [3.8, 4) is 5.75 Å². The molecule has 0 aliphatic heterocycles. The Morgan fingerprint density at radius 1 is 0.909 bits per heavy atom. The first-order chi connectivity index (χ1) is 16.0. The summed E-state index contributed by atoms with van der Waals surface area (Å²) >= 11 is 5.27. The second-order valence-corrected chi connectivity index (χ2v) is 7.66. The van der Waals surface area contributed by atoms with Crippen molar-refractivity contribution < 1.29 is 14.3 Å². The standard InChI is InChI=1S/C26H27N3O3S/c1-3-17-32-23-12-8-9-20(18-23)24(30)28-26(33)27-21-15-13-19(14-16-21)25(31)29(4-2)22-10-6-5-7-11-22/h5-16,18H,3-4,17H2,1-2H3,(H2,27,28,30,33). The zero-order valence-corrected chi connectivity index (χ0v) is 19.5. The van der Waals surface area contributed by atoms with E-state index < -0.39 is 0 Å². The Morgan fingerprint density at radius 2 is 1.64 bits per heavy atom. The Hall–Kier alpha value is -3.71. The van der Waals surface area contributed by atoms with Crippen LogP contribution in [0.5, 0.6) is 5.75 Å². The highest BCUT2D eigenvalue weighted by Gasteiger charge is 2.16. The molecule has 2 amide bonds. The third kappa shape index (κ3) is 6.63. The first-order valence-electron chi connectivity index (χ1n) is 10.8. The summed E-state index contributed by atoms with van der Waals surface area (Å²) in [7, 11) is 0. The van der Waals surface area contributed by atoms with E-state index in [0.29, 0.717) is 35.7 Å². The normalized spacial score (nSPS) is 10.2. The lowest BCUT2D eigenvalue weighted by atomic mass is 10.1. The van der Waals surface area contributed by atoms with Gasteiger partial charge in [0, 0.05) is 29.0 Å². The minimum atomic E-state index is -0.331. The van der Waals surface area contributed by atoms with Crippen molar-refractivity contribution in [2.24, 2.45) is 0 Å². The maximum absolute atomic E-state index is 12.9. The summed E-state index contributed by atoms with van der Waals surface area (Å²) in [4.78, 5) is 27.1. The second kappa shape index (κ2) is 11.8. The molecule has 0 heterocycles. The van der Waals surface area contributed by atoms with Crippen LogP contribution in [0.4, 0.5) is 11.4 Å². The number of thiocarbonyl (C=S) groups is 1. The molecule has 0 fully saturated rings. The number of carbonyl (C=O) groups is 2. The van der Waals surface area contributed by atoms with Crippen LogP contribution in [0, 0.1) is 0 Å². The molecular weight excluding hydrogens is 434 g/mol. The number of nitrogens with zero attached hydrogens (tertiary/aromatic N) is 1. The summed E-state index contributed by atoms with van der Waals surface area (Å²) in [6.07, 6.45) is 0.886. The molecule has 0 aromatic heterocycles. The number of para-hydroxylation sites is 1. The maximum Gasteiger partial charge on any atom is 0.258 e. The predicted molar refractivity (Wildman–Crippen MR) is 136 cm³/mol. The summed E-state index contributed by atoms with van der Waals surface area (Å²) in [5, 5.41) is 5.81. The van der Waals surface area contributed by atoms with E-state index in [9.17, 15) is 9.59 Å². The van der Waals surface area contributed by atoms with Crippen LogP contribution in [0.1, 0.15) is 41.0 Å². The topological polar surface area (TPSA) is 70.7 Å². The van der Waals surface area contributed by atoms with Crippen molar-refractivity contribution in [2.45, 2.75) is 20.3 Å². The lowest BCUT2D eigenvalue weighted by molar-refractivity contribution is 0.0973. The molecule has 170 valence electrons. The summed E-state index contributed by atoms with van der Waals surface area (Å²) < 4.78 is 5.57. The molecule has 3 aromatic rings. The van der Waals surface area contributed by atoms with Crippen molar-refractivity contribution in [3.05, 3.63) is 90.0 Å². The minimum absolute atomic E-state index is 0.0868. The molecule has 33 heavy (non-hydrogen) atoms. The summed E-state index contributed by atoms with van der Waals surface area (Å²) in [6, 6.07) is 23.5. The average molecular weight is 462 g/mol. The number of carbonyl (C=O) groups excluding carboxylic acids is 2. The molecule has 0 atom stereocenters. The molecule has 7 heteroatoms. The first-order valence-corrected chi connectivity index (χ1v) is 11.2. The fourth-order valence-electron chi connectivity index (χ4n) is 3.19. The predicted octanol–water partition coefficient (Wildman–Crippen LogP) is 5.27. The zero-order valence-electron chi connectivity index (χ0n) is 18.7. The van der Waals surface area contributed by atoms with Gasteiger partial charge in [0.1, 0.15) is 5.75 Å². The van der Waals surface area contributed by atoms with Gasteiger partial charge < -0.3 is 15.0 Å². The molecule has 0 spiro atoms.